The van der Waals surface area contributed by atoms with Gasteiger partial charge in [-0.2, -0.15) is 0 Å². The second kappa shape index (κ2) is 4.56. The van der Waals surface area contributed by atoms with E-state index in [4.69, 9.17) is 11.6 Å². The number of hydrogen-bond acceptors (Lipinski definition) is 1. The molecule has 0 N–H and O–H groups in total. The molecule has 1 heterocycles. The number of rotatable bonds is 0. The Kier molecular flexibility index (Phi) is 2.76. The van der Waals surface area contributed by atoms with Crippen LogP contribution in [0.15, 0.2) is 54.9 Å². The molecule has 0 fully saturated rings. The summed E-state index contributed by atoms with van der Waals surface area (Å²) in [7, 11) is 0. The lowest BCUT2D eigenvalue weighted by atomic mass is 10.2. The van der Waals surface area contributed by atoms with Crippen molar-refractivity contribution in [2.24, 2.45) is 0 Å². The van der Waals surface area contributed by atoms with Crippen molar-refractivity contribution in [2.75, 3.05) is 0 Å². The van der Waals surface area contributed by atoms with Crippen LogP contribution >= 0.6 is 11.6 Å². The predicted octanol–water partition coefficient (Wildman–Crippen LogP) is 3.55. The number of benzene rings is 2. The zero-order valence-corrected chi connectivity index (χ0v) is 10.2. The molecular weight excluding hydrogens is 244 g/mol. The molecule has 0 amide bonds. The fraction of sp³-hybridized carbons (Fsp3) is 0. The second-order valence-electron chi connectivity index (χ2n) is 3.85. The van der Waals surface area contributed by atoms with E-state index in [-0.39, 0.29) is 0 Å². The summed E-state index contributed by atoms with van der Waals surface area (Å²) in [5, 5.41) is 0.716. The highest BCUT2D eigenvalue weighted by atomic mass is 35.5. The summed E-state index contributed by atoms with van der Waals surface area (Å²) in [6, 6.07) is 18.4. The zero-order chi connectivity index (χ0) is 12.4. The molecular formula is C15H9ClN2. The van der Waals surface area contributed by atoms with Gasteiger partial charge in [0.25, 0.3) is 0 Å². The molecule has 3 aromatic rings. The molecule has 0 atom stereocenters. The maximum absolute atomic E-state index is 5.83. The first-order chi connectivity index (χ1) is 8.83. The lowest BCUT2D eigenvalue weighted by Gasteiger charge is -1.92. The molecule has 3 rings (SSSR count). The molecule has 0 aliphatic heterocycles. The van der Waals surface area contributed by atoms with Gasteiger partial charge in [0, 0.05) is 16.6 Å². The molecule has 3 heteroatoms. The summed E-state index contributed by atoms with van der Waals surface area (Å²) in [6.07, 6.45) is 1.73. The minimum absolute atomic E-state index is 0.716. The number of halogens is 1. The summed E-state index contributed by atoms with van der Waals surface area (Å²) in [5.74, 6) is 3.08. The molecule has 0 unspecified atom stereocenters. The second-order valence-corrected chi connectivity index (χ2v) is 4.28. The largest absolute Gasteiger partial charge is 0.257 e. The number of aromatic nitrogens is 2. The van der Waals surface area contributed by atoms with Crippen molar-refractivity contribution in [3.8, 4) is 12.0 Å². The van der Waals surface area contributed by atoms with E-state index < -0.39 is 0 Å². The molecule has 0 radical (unpaired) electrons. The first kappa shape index (κ1) is 10.9. The minimum atomic E-state index is 0.716. The van der Waals surface area contributed by atoms with E-state index in [1.54, 1.807) is 6.33 Å². The molecule has 86 valence electrons. The average Bonchev–Trinajstić information content (AvgIpc) is 2.82. The van der Waals surface area contributed by atoms with Crippen LogP contribution in [-0.4, -0.2) is 9.55 Å². The normalized spacial score (nSPS) is 10.1. The molecule has 0 spiro atoms. The Morgan fingerprint density at radius 3 is 2.61 bits per heavy atom. The van der Waals surface area contributed by atoms with Gasteiger partial charge in [0.05, 0.1) is 11.0 Å². The Morgan fingerprint density at radius 1 is 1.00 bits per heavy atom. The van der Waals surface area contributed by atoms with E-state index in [2.05, 4.69) is 16.9 Å². The van der Waals surface area contributed by atoms with Crippen LogP contribution in [0.3, 0.4) is 0 Å². The summed E-state index contributed by atoms with van der Waals surface area (Å²) in [4.78, 5) is 4.28. The van der Waals surface area contributed by atoms with E-state index in [0.717, 1.165) is 16.6 Å². The van der Waals surface area contributed by atoms with Crippen LogP contribution in [0.2, 0.25) is 5.02 Å². The van der Waals surface area contributed by atoms with Crippen molar-refractivity contribution in [2.45, 2.75) is 0 Å². The molecule has 1 aromatic heterocycles. The van der Waals surface area contributed by atoms with E-state index in [1.165, 1.54) is 0 Å². The smallest absolute Gasteiger partial charge is 0.108 e. The van der Waals surface area contributed by atoms with Gasteiger partial charge in [-0.1, -0.05) is 23.7 Å². The van der Waals surface area contributed by atoms with E-state index in [0.29, 0.717) is 5.02 Å². The lowest BCUT2D eigenvalue weighted by Crippen LogP contribution is -1.85. The van der Waals surface area contributed by atoms with Crippen molar-refractivity contribution in [1.82, 2.24) is 9.55 Å². The Balaban J connectivity index is 2.00. The van der Waals surface area contributed by atoms with Gasteiger partial charge >= 0.3 is 0 Å². The average molecular weight is 253 g/mol. The van der Waals surface area contributed by atoms with Crippen LogP contribution in [-0.2, 0) is 0 Å². The predicted molar refractivity (Wildman–Crippen MR) is 73.5 cm³/mol. The summed E-state index contributed by atoms with van der Waals surface area (Å²) in [6.45, 7) is 0. The van der Waals surface area contributed by atoms with Gasteiger partial charge in [-0.15, -0.1) is 0 Å². The van der Waals surface area contributed by atoms with Crippen LogP contribution in [0, 0.1) is 12.0 Å². The third kappa shape index (κ3) is 2.09. The molecule has 0 bridgehead atoms. The van der Waals surface area contributed by atoms with Crippen LogP contribution in [0.4, 0.5) is 0 Å². The first-order valence-electron chi connectivity index (χ1n) is 5.52. The summed E-state index contributed by atoms with van der Waals surface area (Å²) < 4.78 is 1.82. The van der Waals surface area contributed by atoms with Gasteiger partial charge in [-0.3, -0.25) is 4.57 Å². The van der Waals surface area contributed by atoms with Gasteiger partial charge < -0.3 is 0 Å². The molecule has 2 nitrogen and oxygen atoms in total. The topological polar surface area (TPSA) is 17.8 Å². The third-order valence-corrected chi connectivity index (χ3v) is 2.87. The van der Waals surface area contributed by atoms with Gasteiger partial charge in [-0.05, 0) is 42.3 Å². The Bertz CT molecular complexity index is 745. The number of para-hydroxylation sites is 2. The minimum Gasteiger partial charge on any atom is -0.257 e. The molecule has 0 saturated carbocycles. The highest BCUT2D eigenvalue weighted by molar-refractivity contribution is 6.30. The van der Waals surface area contributed by atoms with Crippen LogP contribution in [0.5, 0.6) is 0 Å². The quantitative estimate of drug-likeness (QED) is 0.560. The molecule has 0 aliphatic carbocycles. The third-order valence-electron chi connectivity index (χ3n) is 2.62. The Hall–Kier alpha value is -2.24. The van der Waals surface area contributed by atoms with Crippen LogP contribution < -0.4 is 0 Å². The Labute approximate surface area is 110 Å². The number of imidazole rings is 1. The maximum Gasteiger partial charge on any atom is 0.108 e. The highest BCUT2D eigenvalue weighted by Crippen LogP contribution is 2.11. The van der Waals surface area contributed by atoms with Crippen molar-refractivity contribution in [1.29, 1.82) is 0 Å². The number of hydrogen-bond donors (Lipinski definition) is 0. The first-order valence-corrected chi connectivity index (χ1v) is 5.90. The van der Waals surface area contributed by atoms with Crippen molar-refractivity contribution >= 4 is 22.6 Å². The van der Waals surface area contributed by atoms with Gasteiger partial charge in [-0.25, -0.2) is 4.98 Å². The number of fused-ring (bicyclic) bond motifs is 1. The fourth-order valence-electron chi connectivity index (χ4n) is 1.71. The highest BCUT2D eigenvalue weighted by Gasteiger charge is 1.97. The van der Waals surface area contributed by atoms with Crippen LogP contribution in [0.1, 0.15) is 5.56 Å². The van der Waals surface area contributed by atoms with E-state index in [9.17, 15) is 0 Å². The number of nitrogens with zero attached hydrogens (tertiary/aromatic N) is 2. The molecule has 0 aliphatic rings. The monoisotopic (exact) mass is 252 g/mol. The van der Waals surface area contributed by atoms with Crippen molar-refractivity contribution < 1.29 is 0 Å². The van der Waals surface area contributed by atoms with Crippen molar-refractivity contribution in [3.05, 3.63) is 65.4 Å². The summed E-state index contributed by atoms with van der Waals surface area (Å²) >= 11 is 5.83. The van der Waals surface area contributed by atoms with E-state index >= 15 is 0 Å². The van der Waals surface area contributed by atoms with Crippen molar-refractivity contribution in [3.63, 3.8) is 0 Å². The fourth-order valence-corrected chi connectivity index (χ4v) is 1.83. The lowest BCUT2D eigenvalue weighted by molar-refractivity contribution is 1.15. The standard InChI is InChI=1S/C15H9ClN2/c16-13-7-5-12(6-8-13)9-10-18-11-17-14-3-1-2-4-15(14)18/h1-8,11H. The van der Waals surface area contributed by atoms with Gasteiger partial charge in [0.15, 0.2) is 0 Å². The molecule has 18 heavy (non-hydrogen) atoms. The summed E-state index contributed by atoms with van der Waals surface area (Å²) in [5.41, 5.74) is 2.89. The Morgan fingerprint density at radius 2 is 1.78 bits per heavy atom. The molecule has 0 saturated heterocycles. The van der Waals surface area contributed by atoms with E-state index in [1.807, 2.05) is 53.1 Å². The molecule has 2 aromatic carbocycles. The zero-order valence-electron chi connectivity index (χ0n) is 9.47. The van der Waals surface area contributed by atoms with Crippen LogP contribution in [0.25, 0.3) is 11.0 Å². The van der Waals surface area contributed by atoms with Gasteiger partial charge in [0.2, 0.25) is 0 Å². The van der Waals surface area contributed by atoms with Gasteiger partial charge in [0.1, 0.15) is 6.33 Å². The SMILES string of the molecule is Clc1ccc(C#Cn2cnc3ccccc32)cc1. The maximum atomic E-state index is 5.83.